The molecule has 130 valence electrons. The van der Waals surface area contributed by atoms with Crippen LogP contribution in [-0.4, -0.2) is 42.9 Å². The van der Waals surface area contributed by atoms with Crippen molar-refractivity contribution in [3.63, 3.8) is 0 Å². The summed E-state index contributed by atoms with van der Waals surface area (Å²) in [5.41, 5.74) is -0.994. The Bertz CT molecular complexity index is 360. The molecule has 1 atom stereocenters. The first-order valence-electron chi connectivity index (χ1n) is 7.95. The lowest BCUT2D eigenvalue weighted by Gasteiger charge is -2.35. The Kier molecular flexibility index (Phi) is 8.45. The van der Waals surface area contributed by atoms with Gasteiger partial charge in [0.1, 0.15) is 11.6 Å². The number of carbonyl (C=O) groups excluding carboxylic acids is 2. The average Bonchev–Trinajstić information content (AvgIpc) is 2.44. The van der Waals surface area contributed by atoms with E-state index in [4.69, 9.17) is 9.47 Å². The number of alkyl carbamates (subject to hydrolysis) is 1. The Labute approximate surface area is 134 Å². The highest BCUT2D eigenvalue weighted by molar-refractivity contribution is 5.75. The van der Waals surface area contributed by atoms with E-state index in [9.17, 15) is 9.59 Å². The van der Waals surface area contributed by atoms with Gasteiger partial charge in [-0.05, 0) is 40.0 Å². The third-order valence-electron chi connectivity index (χ3n) is 3.70. The second-order valence-corrected chi connectivity index (χ2v) is 6.48. The fraction of sp³-hybridized carbons (Fsp3) is 0.875. The van der Waals surface area contributed by atoms with E-state index < -0.39 is 17.2 Å². The zero-order valence-electron chi connectivity index (χ0n) is 15.0. The van der Waals surface area contributed by atoms with E-state index in [1.54, 1.807) is 0 Å². The maximum atomic E-state index is 12.0. The first-order valence-corrected chi connectivity index (χ1v) is 7.95. The number of amides is 1. The molecule has 0 saturated heterocycles. The third-order valence-corrected chi connectivity index (χ3v) is 3.70. The Morgan fingerprint density at radius 2 is 1.64 bits per heavy atom. The van der Waals surface area contributed by atoms with Gasteiger partial charge < -0.3 is 20.1 Å². The van der Waals surface area contributed by atoms with Crippen LogP contribution in [0.25, 0.3) is 0 Å². The van der Waals surface area contributed by atoms with Crippen molar-refractivity contribution in [2.45, 2.75) is 78.0 Å². The fourth-order valence-corrected chi connectivity index (χ4v) is 2.10. The normalized spacial score (nSPS) is 13.4. The smallest absolute Gasteiger partial charge is 0.408 e. The second kappa shape index (κ2) is 8.98. The van der Waals surface area contributed by atoms with Gasteiger partial charge in [0, 0.05) is 6.54 Å². The van der Waals surface area contributed by atoms with Crippen LogP contribution >= 0.6 is 0 Å². The maximum absolute atomic E-state index is 12.0. The second-order valence-electron chi connectivity index (χ2n) is 6.48. The molecule has 2 N–H and O–H groups in total. The van der Waals surface area contributed by atoms with Crippen molar-refractivity contribution < 1.29 is 19.1 Å². The molecule has 0 aliphatic carbocycles. The van der Waals surface area contributed by atoms with Gasteiger partial charge in [-0.15, -0.1) is 0 Å². The van der Waals surface area contributed by atoms with Crippen LogP contribution in [0.5, 0.6) is 0 Å². The van der Waals surface area contributed by atoms with Gasteiger partial charge in [0.25, 0.3) is 0 Å². The Hall–Kier alpha value is -1.30. The van der Waals surface area contributed by atoms with E-state index in [0.717, 1.165) is 12.8 Å². The first-order chi connectivity index (χ1) is 10.1. The van der Waals surface area contributed by atoms with E-state index in [2.05, 4.69) is 10.6 Å². The molecular formula is C16H32N2O4. The summed E-state index contributed by atoms with van der Waals surface area (Å²) in [6.45, 7) is 11.9. The largest absolute Gasteiger partial charge is 0.468 e. The predicted molar refractivity (Wildman–Crippen MR) is 86.8 cm³/mol. The predicted octanol–water partition coefficient (Wildman–Crippen LogP) is 2.61. The van der Waals surface area contributed by atoms with Crippen molar-refractivity contribution in [1.29, 1.82) is 0 Å². The van der Waals surface area contributed by atoms with Crippen LogP contribution in [0.4, 0.5) is 4.79 Å². The highest BCUT2D eigenvalue weighted by atomic mass is 16.6. The average molecular weight is 316 g/mol. The van der Waals surface area contributed by atoms with Crippen molar-refractivity contribution >= 4 is 12.1 Å². The van der Waals surface area contributed by atoms with Gasteiger partial charge in [0.15, 0.2) is 0 Å². The Morgan fingerprint density at radius 1 is 1.09 bits per heavy atom. The van der Waals surface area contributed by atoms with E-state index >= 15 is 0 Å². The number of rotatable bonds is 8. The molecule has 1 amide bonds. The summed E-state index contributed by atoms with van der Waals surface area (Å²) in [5, 5.41) is 6.13. The quantitative estimate of drug-likeness (QED) is 0.673. The SMILES string of the molecule is CCC(NCC(CC)(CC)NC(=O)OC(C)(C)C)C(=O)OC. The molecule has 0 aliphatic heterocycles. The summed E-state index contributed by atoms with van der Waals surface area (Å²) in [4.78, 5) is 23.7. The van der Waals surface area contributed by atoms with Crippen molar-refractivity contribution in [1.82, 2.24) is 10.6 Å². The monoisotopic (exact) mass is 316 g/mol. The molecule has 0 fully saturated rings. The highest BCUT2D eigenvalue weighted by Gasteiger charge is 2.31. The van der Waals surface area contributed by atoms with Crippen LogP contribution in [0, 0.1) is 0 Å². The molecule has 1 unspecified atom stereocenters. The molecule has 0 rings (SSSR count). The van der Waals surface area contributed by atoms with Crippen LogP contribution in [0.3, 0.4) is 0 Å². The van der Waals surface area contributed by atoms with E-state index in [1.807, 2.05) is 41.5 Å². The first kappa shape index (κ1) is 20.7. The summed E-state index contributed by atoms with van der Waals surface area (Å²) < 4.78 is 10.1. The highest BCUT2D eigenvalue weighted by Crippen LogP contribution is 2.17. The topological polar surface area (TPSA) is 76.7 Å². The van der Waals surface area contributed by atoms with E-state index in [1.165, 1.54) is 7.11 Å². The summed E-state index contributed by atoms with van der Waals surface area (Å²) in [5.74, 6) is -0.291. The Morgan fingerprint density at radius 3 is 2.00 bits per heavy atom. The standard InChI is InChI=1S/C16H32N2O4/c1-8-12(13(19)21-7)17-11-16(9-2,10-3)18-14(20)22-15(4,5)6/h12,17H,8-11H2,1-7H3,(H,18,20). The molecule has 6 heteroatoms. The van der Waals surface area contributed by atoms with Crippen LogP contribution in [-0.2, 0) is 14.3 Å². The van der Waals surface area contributed by atoms with E-state index in [-0.39, 0.29) is 12.0 Å². The minimum atomic E-state index is -0.539. The lowest BCUT2D eigenvalue weighted by molar-refractivity contribution is -0.143. The number of hydrogen-bond donors (Lipinski definition) is 2. The van der Waals surface area contributed by atoms with Crippen molar-refractivity contribution in [2.75, 3.05) is 13.7 Å². The number of nitrogens with one attached hydrogen (secondary N) is 2. The van der Waals surface area contributed by atoms with Crippen LogP contribution in [0.2, 0.25) is 0 Å². The Balaban J connectivity index is 4.81. The van der Waals surface area contributed by atoms with Gasteiger partial charge in [-0.25, -0.2) is 4.79 Å². The summed E-state index contributed by atoms with van der Waals surface area (Å²) in [6.07, 6.45) is 1.65. The molecular weight excluding hydrogens is 284 g/mol. The summed E-state index contributed by atoms with van der Waals surface area (Å²) in [7, 11) is 1.37. The minimum Gasteiger partial charge on any atom is -0.468 e. The molecule has 0 aromatic heterocycles. The molecule has 6 nitrogen and oxygen atoms in total. The fourth-order valence-electron chi connectivity index (χ4n) is 2.10. The van der Waals surface area contributed by atoms with Crippen LogP contribution in [0.1, 0.15) is 60.8 Å². The molecule has 0 aromatic rings. The minimum absolute atomic E-state index is 0.291. The molecule has 0 bridgehead atoms. The number of ether oxygens (including phenoxy) is 2. The zero-order valence-corrected chi connectivity index (χ0v) is 15.0. The molecule has 0 radical (unpaired) electrons. The van der Waals surface area contributed by atoms with Crippen molar-refractivity contribution in [3.8, 4) is 0 Å². The molecule has 22 heavy (non-hydrogen) atoms. The van der Waals surface area contributed by atoms with E-state index in [0.29, 0.717) is 13.0 Å². The molecule has 0 heterocycles. The molecule has 0 aliphatic rings. The number of methoxy groups -OCH3 is 1. The summed E-state index contributed by atoms with van der Waals surface area (Å²) in [6, 6.07) is -0.372. The lowest BCUT2D eigenvalue weighted by Crippen LogP contribution is -2.57. The number of esters is 1. The maximum Gasteiger partial charge on any atom is 0.408 e. The summed E-state index contributed by atoms with van der Waals surface area (Å²) >= 11 is 0. The molecule has 0 spiro atoms. The van der Waals surface area contributed by atoms with Gasteiger partial charge in [0.2, 0.25) is 0 Å². The van der Waals surface area contributed by atoms with Crippen LogP contribution < -0.4 is 10.6 Å². The lowest BCUT2D eigenvalue weighted by atomic mass is 9.92. The van der Waals surface area contributed by atoms with Crippen molar-refractivity contribution in [3.05, 3.63) is 0 Å². The third kappa shape index (κ3) is 7.11. The van der Waals surface area contributed by atoms with Gasteiger partial charge in [0.05, 0.1) is 12.6 Å². The zero-order chi connectivity index (χ0) is 17.4. The molecule has 0 saturated carbocycles. The molecule has 0 aromatic carbocycles. The van der Waals surface area contributed by atoms with Gasteiger partial charge >= 0.3 is 12.1 Å². The van der Waals surface area contributed by atoms with Gasteiger partial charge in [-0.2, -0.15) is 0 Å². The van der Waals surface area contributed by atoms with Gasteiger partial charge in [-0.1, -0.05) is 20.8 Å². The van der Waals surface area contributed by atoms with Gasteiger partial charge in [-0.3, -0.25) is 4.79 Å². The van der Waals surface area contributed by atoms with Crippen molar-refractivity contribution in [2.24, 2.45) is 0 Å². The number of hydrogen-bond acceptors (Lipinski definition) is 5. The van der Waals surface area contributed by atoms with Crippen LogP contribution in [0.15, 0.2) is 0 Å². The number of carbonyl (C=O) groups is 2.